The molecule has 2 aromatic rings. The molecular weight excluding hydrogens is 288 g/mol. The number of benzene rings is 1. The first-order valence-corrected chi connectivity index (χ1v) is 6.04. The molecule has 1 aromatic carbocycles. The van der Waals surface area contributed by atoms with Gasteiger partial charge < -0.3 is 0 Å². The fraction of sp³-hybridized carbons (Fsp3) is 0.182. The SMILES string of the molecule is Cc1cccc2c(Cl)cc(C(Cl)(Cl)Cl)nc12. The second-order valence-electron chi connectivity index (χ2n) is 3.46. The normalized spacial score (nSPS) is 12.1. The van der Waals surface area contributed by atoms with E-state index < -0.39 is 3.79 Å². The summed E-state index contributed by atoms with van der Waals surface area (Å²) in [6, 6.07) is 7.32. The fourth-order valence-corrected chi connectivity index (χ4v) is 2.04. The molecule has 0 spiro atoms. The van der Waals surface area contributed by atoms with Crippen LogP contribution in [-0.4, -0.2) is 4.98 Å². The Balaban J connectivity index is 2.81. The summed E-state index contributed by atoms with van der Waals surface area (Å²) in [6.45, 7) is 1.94. The molecule has 1 aromatic heterocycles. The van der Waals surface area contributed by atoms with Crippen molar-refractivity contribution < 1.29 is 0 Å². The van der Waals surface area contributed by atoms with Crippen LogP contribution in [0.25, 0.3) is 10.9 Å². The van der Waals surface area contributed by atoms with Gasteiger partial charge in [0.15, 0.2) is 0 Å². The molecule has 0 bridgehead atoms. The lowest BCUT2D eigenvalue weighted by molar-refractivity contribution is 1.11. The number of alkyl halides is 3. The molecule has 0 aliphatic rings. The van der Waals surface area contributed by atoms with Crippen LogP contribution in [0.3, 0.4) is 0 Å². The van der Waals surface area contributed by atoms with Gasteiger partial charge in [-0.05, 0) is 18.6 Å². The maximum atomic E-state index is 6.12. The summed E-state index contributed by atoms with van der Waals surface area (Å²) in [5, 5.41) is 1.40. The van der Waals surface area contributed by atoms with Crippen molar-refractivity contribution in [3.8, 4) is 0 Å². The highest BCUT2D eigenvalue weighted by atomic mass is 35.6. The van der Waals surface area contributed by atoms with E-state index in [1.54, 1.807) is 6.07 Å². The first-order valence-electron chi connectivity index (χ1n) is 4.52. The van der Waals surface area contributed by atoms with Crippen LogP contribution in [0.4, 0.5) is 0 Å². The van der Waals surface area contributed by atoms with Crippen molar-refractivity contribution in [1.29, 1.82) is 0 Å². The van der Waals surface area contributed by atoms with E-state index in [0.29, 0.717) is 10.7 Å². The molecule has 0 amide bonds. The smallest absolute Gasteiger partial charge is 0.232 e. The molecular formula is C11H7Cl4N. The van der Waals surface area contributed by atoms with Crippen LogP contribution in [-0.2, 0) is 3.79 Å². The Kier molecular flexibility index (Phi) is 3.24. The average Bonchev–Trinajstić information content (AvgIpc) is 2.18. The molecule has 0 N–H and O–H groups in total. The van der Waals surface area contributed by atoms with Gasteiger partial charge in [-0.2, -0.15) is 0 Å². The van der Waals surface area contributed by atoms with Crippen LogP contribution >= 0.6 is 46.4 Å². The standard InChI is InChI=1S/C11H7Cl4N/c1-6-3-2-4-7-8(12)5-9(11(13,14)15)16-10(6)7/h2-5H,1H3. The van der Waals surface area contributed by atoms with Crippen molar-refractivity contribution in [3.63, 3.8) is 0 Å². The molecule has 84 valence electrons. The van der Waals surface area contributed by atoms with Gasteiger partial charge in [-0.15, -0.1) is 0 Å². The van der Waals surface area contributed by atoms with E-state index >= 15 is 0 Å². The van der Waals surface area contributed by atoms with Crippen molar-refractivity contribution >= 4 is 57.3 Å². The zero-order chi connectivity index (χ0) is 11.9. The Morgan fingerprint density at radius 2 is 1.88 bits per heavy atom. The first-order chi connectivity index (χ1) is 7.39. The van der Waals surface area contributed by atoms with Gasteiger partial charge in [-0.3, -0.25) is 0 Å². The maximum absolute atomic E-state index is 6.12. The maximum Gasteiger partial charge on any atom is 0.232 e. The van der Waals surface area contributed by atoms with Crippen molar-refractivity contribution in [1.82, 2.24) is 4.98 Å². The lowest BCUT2D eigenvalue weighted by Gasteiger charge is -2.12. The van der Waals surface area contributed by atoms with Crippen molar-refractivity contribution in [2.45, 2.75) is 10.7 Å². The van der Waals surface area contributed by atoms with Gasteiger partial charge in [0.25, 0.3) is 0 Å². The van der Waals surface area contributed by atoms with E-state index in [1.807, 2.05) is 25.1 Å². The van der Waals surface area contributed by atoms with Gasteiger partial charge in [0, 0.05) is 5.39 Å². The highest BCUT2D eigenvalue weighted by Crippen LogP contribution is 2.39. The highest BCUT2D eigenvalue weighted by molar-refractivity contribution is 6.66. The van der Waals surface area contributed by atoms with Crippen molar-refractivity contribution in [2.24, 2.45) is 0 Å². The molecule has 0 saturated heterocycles. The van der Waals surface area contributed by atoms with E-state index in [2.05, 4.69) is 4.98 Å². The molecule has 0 aliphatic heterocycles. The predicted octanol–water partition coefficient (Wildman–Crippen LogP) is 5.02. The summed E-state index contributed by atoms with van der Waals surface area (Å²) in [5.74, 6) is 0. The number of para-hydroxylation sites is 1. The molecule has 16 heavy (non-hydrogen) atoms. The Bertz CT molecular complexity index is 545. The van der Waals surface area contributed by atoms with Crippen LogP contribution in [0, 0.1) is 6.92 Å². The first kappa shape index (κ1) is 12.3. The molecule has 0 unspecified atom stereocenters. The lowest BCUT2D eigenvalue weighted by atomic mass is 10.1. The summed E-state index contributed by atoms with van der Waals surface area (Å²) in [6.07, 6.45) is 0. The summed E-state index contributed by atoms with van der Waals surface area (Å²) in [7, 11) is 0. The second kappa shape index (κ2) is 4.23. The molecule has 0 fully saturated rings. The minimum Gasteiger partial charge on any atom is -0.248 e. The summed E-state index contributed by atoms with van der Waals surface area (Å²) < 4.78 is -1.56. The third-order valence-electron chi connectivity index (χ3n) is 2.28. The van der Waals surface area contributed by atoms with Gasteiger partial charge in [-0.25, -0.2) is 4.98 Å². The minimum atomic E-state index is -1.56. The van der Waals surface area contributed by atoms with E-state index in [-0.39, 0.29) is 0 Å². The van der Waals surface area contributed by atoms with E-state index in [4.69, 9.17) is 46.4 Å². The summed E-state index contributed by atoms with van der Waals surface area (Å²) in [4.78, 5) is 4.33. The van der Waals surface area contributed by atoms with E-state index in [1.165, 1.54) is 0 Å². The summed E-state index contributed by atoms with van der Waals surface area (Å²) >= 11 is 23.5. The minimum absolute atomic E-state index is 0.337. The number of hydrogen-bond donors (Lipinski definition) is 0. The summed E-state index contributed by atoms with van der Waals surface area (Å²) in [5.41, 5.74) is 2.09. The van der Waals surface area contributed by atoms with Crippen LogP contribution in [0.5, 0.6) is 0 Å². The zero-order valence-electron chi connectivity index (χ0n) is 8.27. The highest BCUT2D eigenvalue weighted by Gasteiger charge is 2.25. The van der Waals surface area contributed by atoms with Gasteiger partial charge in [-0.1, -0.05) is 64.6 Å². The third-order valence-corrected chi connectivity index (χ3v) is 3.17. The number of aromatic nitrogens is 1. The average molecular weight is 295 g/mol. The van der Waals surface area contributed by atoms with Crippen molar-refractivity contribution in [3.05, 3.63) is 40.5 Å². The van der Waals surface area contributed by atoms with E-state index in [9.17, 15) is 0 Å². The number of pyridine rings is 1. The molecule has 1 heterocycles. The molecule has 5 heteroatoms. The quantitative estimate of drug-likeness (QED) is 0.622. The number of rotatable bonds is 0. The molecule has 0 saturated carbocycles. The Morgan fingerprint density at radius 1 is 1.19 bits per heavy atom. The molecule has 0 aliphatic carbocycles. The third kappa shape index (κ3) is 2.23. The van der Waals surface area contributed by atoms with Gasteiger partial charge in [0.05, 0.1) is 16.2 Å². The van der Waals surface area contributed by atoms with Crippen LogP contribution in [0.1, 0.15) is 11.3 Å². The van der Waals surface area contributed by atoms with Gasteiger partial charge in [0.1, 0.15) is 0 Å². The molecule has 1 nitrogen and oxygen atoms in total. The zero-order valence-corrected chi connectivity index (χ0v) is 11.3. The largest absolute Gasteiger partial charge is 0.248 e. The Labute approximate surface area is 113 Å². The lowest BCUT2D eigenvalue weighted by Crippen LogP contribution is -2.04. The topological polar surface area (TPSA) is 12.9 Å². The van der Waals surface area contributed by atoms with Gasteiger partial charge >= 0.3 is 0 Å². The predicted molar refractivity (Wildman–Crippen MR) is 70.7 cm³/mol. The Hall–Kier alpha value is -0.210. The molecule has 0 radical (unpaired) electrons. The number of hydrogen-bond acceptors (Lipinski definition) is 1. The van der Waals surface area contributed by atoms with Gasteiger partial charge in [0.2, 0.25) is 3.79 Å². The molecule has 2 rings (SSSR count). The van der Waals surface area contributed by atoms with Crippen molar-refractivity contribution in [2.75, 3.05) is 0 Å². The number of nitrogens with zero attached hydrogens (tertiary/aromatic N) is 1. The Morgan fingerprint density at radius 3 is 2.50 bits per heavy atom. The number of aryl methyl sites for hydroxylation is 1. The second-order valence-corrected chi connectivity index (χ2v) is 6.15. The fourth-order valence-electron chi connectivity index (χ4n) is 1.50. The van der Waals surface area contributed by atoms with Crippen LogP contribution in [0.15, 0.2) is 24.3 Å². The number of fused-ring (bicyclic) bond motifs is 1. The van der Waals surface area contributed by atoms with Crippen LogP contribution in [0.2, 0.25) is 5.02 Å². The van der Waals surface area contributed by atoms with Crippen LogP contribution < -0.4 is 0 Å². The van der Waals surface area contributed by atoms with E-state index in [0.717, 1.165) is 16.5 Å². The molecule has 0 atom stereocenters. The monoisotopic (exact) mass is 293 g/mol. The number of halogens is 4.